The van der Waals surface area contributed by atoms with Gasteiger partial charge in [-0.25, -0.2) is 4.98 Å². The predicted octanol–water partition coefficient (Wildman–Crippen LogP) is 4.31. The number of benzene rings is 1. The fraction of sp³-hybridized carbons (Fsp3) is 0.500. The average molecular weight is 342 g/mol. The van der Waals surface area contributed by atoms with Gasteiger partial charge in [-0.1, -0.05) is 38.1 Å². The predicted molar refractivity (Wildman–Crippen MR) is 95.0 cm³/mol. The van der Waals surface area contributed by atoms with E-state index in [4.69, 9.17) is 9.51 Å². The van der Waals surface area contributed by atoms with E-state index in [-0.39, 0.29) is 5.41 Å². The van der Waals surface area contributed by atoms with Gasteiger partial charge in [0.2, 0.25) is 5.89 Å². The van der Waals surface area contributed by atoms with Crippen LogP contribution in [0.15, 0.2) is 28.8 Å². The van der Waals surface area contributed by atoms with Crippen molar-refractivity contribution in [2.45, 2.75) is 51.6 Å². The van der Waals surface area contributed by atoms with Gasteiger partial charge in [0, 0.05) is 5.41 Å². The molecule has 0 unspecified atom stereocenters. The van der Waals surface area contributed by atoms with Gasteiger partial charge in [0.05, 0.1) is 22.8 Å². The number of hydrogen-bond acceptors (Lipinski definition) is 6. The molecule has 0 N–H and O–H groups in total. The van der Waals surface area contributed by atoms with Crippen LogP contribution in [0.4, 0.5) is 0 Å². The van der Waals surface area contributed by atoms with E-state index in [1.807, 2.05) is 6.07 Å². The fourth-order valence-electron chi connectivity index (χ4n) is 3.13. The van der Waals surface area contributed by atoms with Gasteiger partial charge in [-0.05, 0) is 31.5 Å². The van der Waals surface area contributed by atoms with Crippen molar-refractivity contribution in [2.24, 2.45) is 0 Å². The molecule has 0 aliphatic carbocycles. The Balaban J connectivity index is 1.55. The minimum atomic E-state index is -0.108. The van der Waals surface area contributed by atoms with Crippen LogP contribution in [0.1, 0.15) is 56.4 Å². The van der Waals surface area contributed by atoms with Crippen LogP contribution >= 0.6 is 11.3 Å². The first-order valence-corrected chi connectivity index (χ1v) is 9.25. The van der Waals surface area contributed by atoms with Gasteiger partial charge in [-0.3, -0.25) is 4.90 Å². The van der Waals surface area contributed by atoms with E-state index in [9.17, 15) is 0 Å². The van der Waals surface area contributed by atoms with Crippen molar-refractivity contribution in [1.82, 2.24) is 20.0 Å². The third kappa shape index (κ3) is 2.96. The summed E-state index contributed by atoms with van der Waals surface area (Å²) in [5.41, 5.74) is 0.988. The lowest BCUT2D eigenvalue weighted by molar-refractivity contribution is 0.237. The molecular weight excluding hydrogens is 320 g/mol. The molecule has 6 heteroatoms. The van der Waals surface area contributed by atoms with Crippen LogP contribution in [0.3, 0.4) is 0 Å². The van der Waals surface area contributed by atoms with Crippen LogP contribution in [0, 0.1) is 0 Å². The van der Waals surface area contributed by atoms with Crippen molar-refractivity contribution in [3.8, 4) is 0 Å². The number of nitrogens with zero attached hydrogens (tertiary/aromatic N) is 4. The van der Waals surface area contributed by atoms with Gasteiger partial charge in [-0.15, -0.1) is 11.3 Å². The van der Waals surface area contributed by atoms with Gasteiger partial charge < -0.3 is 4.52 Å². The summed E-state index contributed by atoms with van der Waals surface area (Å²) in [7, 11) is 0. The Bertz CT molecular complexity index is 815. The summed E-state index contributed by atoms with van der Waals surface area (Å²) >= 11 is 1.80. The van der Waals surface area contributed by atoms with Crippen LogP contribution < -0.4 is 0 Å². The quantitative estimate of drug-likeness (QED) is 0.710. The summed E-state index contributed by atoms with van der Waals surface area (Å²) in [5.74, 6) is 1.47. The van der Waals surface area contributed by atoms with E-state index in [0.717, 1.165) is 30.9 Å². The van der Waals surface area contributed by atoms with Gasteiger partial charge in [0.15, 0.2) is 5.82 Å². The SMILES string of the molecule is CC(C)(C)c1nc(CN2CCC[C@@H]2c2nc3ccccc3s2)no1. The number of rotatable bonds is 3. The average Bonchev–Trinajstić information content (AvgIpc) is 3.25. The lowest BCUT2D eigenvalue weighted by atomic mass is 9.97. The third-order valence-corrected chi connectivity index (χ3v) is 5.55. The molecule has 24 heavy (non-hydrogen) atoms. The summed E-state index contributed by atoms with van der Waals surface area (Å²) in [6.07, 6.45) is 2.33. The van der Waals surface area contributed by atoms with Gasteiger partial charge >= 0.3 is 0 Å². The number of hydrogen-bond donors (Lipinski definition) is 0. The highest BCUT2D eigenvalue weighted by Crippen LogP contribution is 2.37. The van der Waals surface area contributed by atoms with Gasteiger partial charge in [-0.2, -0.15) is 4.98 Å². The van der Waals surface area contributed by atoms with Crippen LogP contribution in [0.25, 0.3) is 10.2 Å². The highest BCUT2D eigenvalue weighted by Gasteiger charge is 2.30. The zero-order valence-corrected chi connectivity index (χ0v) is 15.1. The van der Waals surface area contributed by atoms with Crippen molar-refractivity contribution in [3.63, 3.8) is 0 Å². The van der Waals surface area contributed by atoms with Crippen LogP contribution in [-0.2, 0) is 12.0 Å². The number of likely N-dealkylation sites (tertiary alicyclic amines) is 1. The maximum absolute atomic E-state index is 5.43. The van der Waals surface area contributed by atoms with Crippen LogP contribution in [0.5, 0.6) is 0 Å². The Hall–Kier alpha value is -1.79. The highest BCUT2D eigenvalue weighted by atomic mass is 32.1. The monoisotopic (exact) mass is 342 g/mol. The number of para-hydroxylation sites is 1. The van der Waals surface area contributed by atoms with E-state index >= 15 is 0 Å². The van der Waals surface area contributed by atoms with E-state index < -0.39 is 0 Å². The Morgan fingerprint density at radius 3 is 2.83 bits per heavy atom. The minimum absolute atomic E-state index is 0.108. The molecule has 3 heterocycles. The standard InChI is InChI=1S/C18H22N4OS/c1-18(2,3)17-20-15(21-23-17)11-22-10-6-8-13(22)16-19-12-7-4-5-9-14(12)24-16/h4-5,7,9,13H,6,8,10-11H2,1-3H3/t13-/m1/s1. The van der Waals surface area contributed by atoms with E-state index in [1.165, 1.54) is 16.1 Å². The van der Waals surface area contributed by atoms with Crippen LogP contribution in [0.2, 0.25) is 0 Å². The first-order valence-electron chi connectivity index (χ1n) is 8.43. The number of aromatic nitrogens is 3. The van der Waals surface area contributed by atoms with Gasteiger partial charge in [0.25, 0.3) is 0 Å². The van der Waals surface area contributed by atoms with E-state index in [0.29, 0.717) is 11.9 Å². The summed E-state index contributed by atoms with van der Waals surface area (Å²) in [6.45, 7) is 8.04. The summed E-state index contributed by atoms with van der Waals surface area (Å²) in [6, 6.07) is 8.71. The second-order valence-electron chi connectivity index (χ2n) is 7.41. The molecule has 1 aromatic carbocycles. The Labute approximate surface area is 145 Å². The first-order chi connectivity index (χ1) is 11.5. The number of fused-ring (bicyclic) bond motifs is 1. The zero-order chi connectivity index (χ0) is 16.7. The smallest absolute Gasteiger partial charge is 0.232 e. The maximum Gasteiger partial charge on any atom is 0.232 e. The molecule has 0 amide bonds. The largest absolute Gasteiger partial charge is 0.339 e. The normalized spacial score (nSPS) is 19.4. The van der Waals surface area contributed by atoms with E-state index in [1.54, 1.807) is 11.3 Å². The molecule has 2 aromatic heterocycles. The van der Waals surface area contributed by atoms with Crippen molar-refractivity contribution >= 4 is 21.6 Å². The molecule has 1 fully saturated rings. The second kappa shape index (κ2) is 5.93. The number of thiazole rings is 1. The molecular formula is C18H22N4OS. The van der Waals surface area contributed by atoms with Crippen molar-refractivity contribution in [2.75, 3.05) is 6.54 Å². The van der Waals surface area contributed by atoms with Crippen LogP contribution in [-0.4, -0.2) is 26.6 Å². The molecule has 0 bridgehead atoms. The Kier molecular flexibility index (Phi) is 3.89. The molecule has 0 spiro atoms. The fourth-order valence-corrected chi connectivity index (χ4v) is 4.27. The Morgan fingerprint density at radius 2 is 2.08 bits per heavy atom. The summed E-state index contributed by atoms with van der Waals surface area (Å²) in [5, 5.41) is 5.37. The molecule has 0 saturated carbocycles. The van der Waals surface area contributed by atoms with Gasteiger partial charge in [0.1, 0.15) is 5.01 Å². The van der Waals surface area contributed by atoms with Crippen molar-refractivity contribution in [3.05, 3.63) is 41.0 Å². The lowest BCUT2D eigenvalue weighted by Crippen LogP contribution is -2.23. The molecule has 3 aromatic rings. The minimum Gasteiger partial charge on any atom is -0.339 e. The first kappa shape index (κ1) is 15.7. The van der Waals surface area contributed by atoms with Crippen molar-refractivity contribution in [1.29, 1.82) is 0 Å². The molecule has 1 saturated heterocycles. The summed E-state index contributed by atoms with van der Waals surface area (Å²) < 4.78 is 6.69. The molecule has 126 valence electrons. The van der Waals surface area contributed by atoms with E-state index in [2.05, 4.69) is 54.0 Å². The van der Waals surface area contributed by atoms with Crippen molar-refractivity contribution < 1.29 is 4.52 Å². The highest BCUT2D eigenvalue weighted by molar-refractivity contribution is 7.18. The Morgan fingerprint density at radius 1 is 1.25 bits per heavy atom. The topological polar surface area (TPSA) is 55.1 Å². The lowest BCUT2D eigenvalue weighted by Gasteiger charge is -2.20. The molecule has 1 aliphatic heterocycles. The maximum atomic E-state index is 5.43. The zero-order valence-electron chi connectivity index (χ0n) is 14.3. The second-order valence-corrected chi connectivity index (χ2v) is 8.48. The third-order valence-electron chi connectivity index (χ3n) is 4.41. The molecule has 1 atom stereocenters. The summed E-state index contributed by atoms with van der Waals surface area (Å²) in [4.78, 5) is 11.8. The molecule has 5 nitrogen and oxygen atoms in total. The molecule has 0 radical (unpaired) electrons. The molecule has 1 aliphatic rings. The molecule has 4 rings (SSSR count).